The summed E-state index contributed by atoms with van der Waals surface area (Å²) in [7, 11) is 3.18. The molecule has 0 bridgehead atoms. The minimum atomic E-state index is 0.214. The Bertz CT molecular complexity index is 828. The summed E-state index contributed by atoms with van der Waals surface area (Å²) in [4.78, 5) is 4.36. The number of nitrogens with zero attached hydrogens (tertiary/aromatic N) is 2. The van der Waals surface area contributed by atoms with Gasteiger partial charge in [0.25, 0.3) is 5.89 Å². The van der Waals surface area contributed by atoms with Gasteiger partial charge < -0.3 is 18.7 Å². The Kier molecular flexibility index (Phi) is 5.18. The van der Waals surface area contributed by atoms with E-state index in [-0.39, 0.29) is 6.61 Å². The second-order valence-electron chi connectivity index (χ2n) is 5.37. The van der Waals surface area contributed by atoms with Gasteiger partial charge >= 0.3 is 0 Å². The molecule has 0 aliphatic heterocycles. The number of rotatable bonds is 7. The Balaban J connectivity index is 1.69. The Morgan fingerprint density at radius 1 is 0.960 bits per heavy atom. The maximum atomic E-state index is 5.68. The first-order valence-electron chi connectivity index (χ1n) is 8.00. The number of methoxy groups -OCH3 is 2. The molecule has 0 atom stereocenters. The van der Waals surface area contributed by atoms with Gasteiger partial charge in [-0.2, -0.15) is 4.98 Å². The van der Waals surface area contributed by atoms with E-state index in [2.05, 4.69) is 17.1 Å². The van der Waals surface area contributed by atoms with Crippen molar-refractivity contribution >= 4 is 0 Å². The van der Waals surface area contributed by atoms with E-state index >= 15 is 0 Å². The molecule has 2 aromatic carbocycles. The third kappa shape index (κ3) is 3.91. The summed E-state index contributed by atoms with van der Waals surface area (Å²) < 4.78 is 21.5. The van der Waals surface area contributed by atoms with Crippen molar-refractivity contribution < 1.29 is 18.7 Å². The maximum absolute atomic E-state index is 5.68. The summed E-state index contributed by atoms with van der Waals surface area (Å²) in [6.45, 7) is 2.33. The van der Waals surface area contributed by atoms with E-state index in [1.807, 2.05) is 30.3 Å². The fourth-order valence-corrected chi connectivity index (χ4v) is 2.37. The van der Waals surface area contributed by atoms with Crippen molar-refractivity contribution in [1.29, 1.82) is 0 Å². The molecule has 1 heterocycles. The van der Waals surface area contributed by atoms with Crippen molar-refractivity contribution in [2.24, 2.45) is 0 Å². The highest BCUT2D eigenvalue weighted by Crippen LogP contribution is 2.31. The zero-order valence-electron chi connectivity index (χ0n) is 14.5. The molecule has 6 nitrogen and oxygen atoms in total. The molecule has 0 saturated carbocycles. The molecule has 6 heteroatoms. The van der Waals surface area contributed by atoms with Gasteiger partial charge in [0.2, 0.25) is 5.82 Å². The van der Waals surface area contributed by atoms with Crippen LogP contribution in [-0.2, 0) is 13.0 Å². The van der Waals surface area contributed by atoms with Crippen LogP contribution in [0.25, 0.3) is 11.4 Å². The van der Waals surface area contributed by atoms with E-state index in [0.717, 1.165) is 17.7 Å². The molecule has 0 aliphatic carbocycles. The Morgan fingerprint density at radius 2 is 1.72 bits per heavy atom. The van der Waals surface area contributed by atoms with Crippen LogP contribution in [0.15, 0.2) is 47.0 Å². The van der Waals surface area contributed by atoms with Crippen LogP contribution < -0.4 is 14.2 Å². The van der Waals surface area contributed by atoms with E-state index in [0.29, 0.717) is 23.2 Å². The average molecular weight is 340 g/mol. The molecule has 0 unspecified atom stereocenters. The fraction of sp³-hybridized carbons (Fsp3) is 0.263. The average Bonchev–Trinajstić information content (AvgIpc) is 3.15. The third-order valence-corrected chi connectivity index (χ3v) is 3.80. The van der Waals surface area contributed by atoms with E-state index in [1.165, 1.54) is 5.56 Å². The summed E-state index contributed by atoms with van der Waals surface area (Å²) in [6, 6.07) is 13.4. The summed E-state index contributed by atoms with van der Waals surface area (Å²) in [6.07, 6.45) is 0.999. The predicted octanol–water partition coefficient (Wildman–Crippen LogP) is 3.90. The first kappa shape index (κ1) is 16.8. The molecule has 3 aromatic rings. The topological polar surface area (TPSA) is 66.6 Å². The molecule has 25 heavy (non-hydrogen) atoms. The van der Waals surface area contributed by atoms with E-state index in [4.69, 9.17) is 18.7 Å². The van der Waals surface area contributed by atoms with Gasteiger partial charge in [0.1, 0.15) is 5.75 Å². The SMILES string of the molecule is CCc1ccc(OCc2nc(-c3ccc(OC)c(OC)c3)no2)cc1. The Labute approximate surface area is 146 Å². The normalized spacial score (nSPS) is 10.5. The van der Waals surface area contributed by atoms with Crippen LogP contribution in [0.3, 0.4) is 0 Å². The molecule has 0 fully saturated rings. The van der Waals surface area contributed by atoms with Gasteiger partial charge in [-0.15, -0.1) is 0 Å². The lowest BCUT2D eigenvalue weighted by Gasteiger charge is -2.07. The van der Waals surface area contributed by atoms with Crippen molar-refractivity contribution in [2.75, 3.05) is 14.2 Å². The van der Waals surface area contributed by atoms with Crippen LogP contribution in [-0.4, -0.2) is 24.4 Å². The molecule has 130 valence electrons. The van der Waals surface area contributed by atoms with Crippen LogP contribution in [0.1, 0.15) is 18.4 Å². The molecule has 3 rings (SSSR count). The summed E-state index contributed by atoms with van der Waals surface area (Å²) in [5.41, 5.74) is 2.04. The quantitative estimate of drug-likeness (QED) is 0.650. The number of hydrogen-bond acceptors (Lipinski definition) is 6. The Morgan fingerprint density at radius 3 is 2.40 bits per heavy atom. The van der Waals surface area contributed by atoms with Gasteiger partial charge in [-0.3, -0.25) is 0 Å². The highest BCUT2D eigenvalue weighted by atomic mass is 16.5. The first-order chi connectivity index (χ1) is 12.2. The number of ether oxygens (including phenoxy) is 3. The molecule has 0 N–H and O–H groups in total. The number of hydrogen-bond donors (Lipinski definition) is 0. The zero-order valence-corrected chi connectivity index (χ0v) is 14.5. The smallest absolute Gasteiger partial charge is 0.264 e. The standard InChI is InChI=1S/C19H20N2O4/c1-4-13-5-8-15(9-6-13)24-12-18-20-19(21-25-18)14-7-10-16(22-2)17(11-14)23-3/h5-11H,4,12H2,1-3H3. The maximum Gasteiger partial charge on any atom is 0.264 e. The monoisotopic (exact) mass is 340 g/mol. The van der Waals surface area contributed by atoms with E-state index in [1.54, 1.807) is 26.4 Å². The van der Waals surface area contributed by atoms with Gasteiger partial charge in [-0.1, -0.05) is 24.2 Å². The van der Waals surface area contributed by atoms with Gasteiger partial charge in [-0.25, -0.2) is 0 Å². The highest BCUT2D eigenvalue weighted by Gasteiger charge is 2.12. The van der Waals surface area contributed by atoms with Crippen molar-refractivity contribution in [3.05, 3.63) is 53.9 Å². The third-order valence-electron chi connectivity index (χ3n) is 3.80. The van der Waals surface area contributed by atoms with Crippen LogP contribution >= 0.6 is 0 Å². The predicted molar refractivity (Wildman–Crippen MR) is 93.0 cm³/mol. The van der Waals surface area contributed by atoms with E-state index < -0.39 is 0 Å². The van der Waals surface area contributed by atoms with Crippen molar-refractivity contribution in [2.45, 2.75) is 20.0 Å². The van der Waals surface area contributed by atoms with Gasteiger partial charge in [0, 0.05) is 5.56 Å². The van der Waals surface area contributed by atoms with Gasteiger partial charge in [-0.05, 0) is 42.3 Å². The highest BCUT2D eigenvalue weighted by molar-refractivity contribution is 5.60. The lowest BCUT2D eigenvalue weighted by Crippen LogP contribution is -1.96. The number of benzene rings is 2. The minimum Gasteiger partial charge on any atom is -0.493 e. The number of aryl methyl sites for hydroxylation is 1. The second-order valence-corrected chi connectivity index (χ2v) is 5.37. The van der Waals surface area contributed by atoms with Crippen LogP contribution in [0, 0.1) is 0 Å². The molecular formula is C19H20N2O4. The molecular weight excluding hydrogens is 320 g/mol. The van der Waals surface area contributed by atoms with Gasteiger partial charge in [0.05, 0.1) is 14.2 Å². The Hall–Kier alpha value is -3.02. The van der Waals surface area contributed by atoms with Crippen LogP contribution in [0.5, 0.6) is 17.2 Å². The fourth-order valence-electron chi connectivity index (χ4n) is 2.37. The second kappa shape index (κ2) is 7.70. The van der Waals surface area contributed by atoms with Crippen molar-refractivity contribution in [1.82, 2.24) is 10.1 Å². The molecule has 1 aromatic heterocycles. The molecule has 0 spiro atoms. The zero-order chi connectivity index (χ0) is 17.6. The van der Waals surface area contributed by atoms with Crippen molar-refractivity contribution in [3.8, 4) is 28.6 Å². The summed E-state index contributed by atoms with van der Waals surface area (Å²) in [5, 5.41) is 3.99. The molecule has 0 amide bonds. The molecule has 0 aliphatic rings. The minimum absolute atomic E-state index is 0.214. The first-order valence-corrected chi connectivity index (χ1v) is 8.00. The lowest BCUT2D eigenvalue weighted by molar-refractivity contribution is 0.243. The molecule has 0 radical (unpaired) electrons. The lowest BCUT2D eigenvalue weighted by atomic mass is 10.2. The van der Waals surface area contributed by atoms with Crippen molar-refractivity contribution in [3.63, 3.8) is 0 Å². The largest absolute Gasteiger partial charge is 0.493 e. The summed E-state index contributed by atoms with van der Waals surface area (Å²) in [5.74, 6) is 2.90. The molecule has 0 saturated heterocycles. The van der Waals surface area contributed by atoms with E-state index in [9.17, 15) is 0 Å². The van der Waals surface area contributed by atoms with Crippen LogP contribution in [0.4, 0.5) is 0 Å². The number of aromatic nitrogens is 2. The van der Waals surface area contributed by atoms with Crippen LogP contribution in [0.2, 0.25) is 0 Å². The summed E-state index contributed by atoms with van der Waals surface area (Å²) >= 11 is 0. The van der Waals surface area contributed by atoms with Gasteiger partial charge in [0.15, 0.2) is 18.1 Å².